The molecule has 0 aromatic heterocycles. The number of carbonyl (C=O) groups is 1. The van der Waals surface area contributed by atoms with E-state index < -0.39 is 10.0 Å². The van der Waals surface area contributed by atoms with E-state index in [9.17, 15) is 13.2 Å². The maximum atomic E-state index is 12.4. The van der Waals surface area contributed by atoms with Gasteiger partial charge < -0.3 is 10.1 Å². The molecule has 3 N–H and O–H groups in total. The molecule has 1 atom stereocenters. The maximum absolute atomic E-state index is 12.4. The first-order chi connectivity index (χ1) is 14.4. The molecule has 1 saturated heterocycles. The lowest BCUT2D eigenvalue weighted by atomic mass is 10.2. The summed E-state index contributed by atoms with van der Waals surface area (Å²) in [6, 6.07) is 15.5. The predicted molar refractivity (Wildman–Crippen MR) is 120 cm³/mol. The lowest BCUT2D eigenvalue weighted by Gasteiger charge is -2.12. The van der Waals surface area contributed by atoms with Crippen LogP contribution >= 0.6 is 12.2 Å². The molecule has 3 rings (SSSR count). The van der Waals surface area contributed by atoms with E-state index in [1.165, 1.54) is 18.2 Å². The van der Waals surface area contributed by atoms with E-state index >= 15 is 0 Å². The number of hydrogen-bond donors (Lipinski definition) is 3. The van der Waals surface area contributed by atoms with Gasteiger partial charge in [0.05, 0.1) is 11.0 Å². The van der Waals surface area contributed by atoms with E-state index in [1.807, 2.05) is 30.3 Å². The van der Waals surface area contributed by atoms with E-state index in [4.69, 9.17) is 17.0 Å². The van der Waals surface area contributed by atoms with E-state index in [0.717, 1.165) is 18.4 Å². The molecule has 2 aromatic carbocycles. The Balaban J connectivity index is 1.50. The Hall–Kier alpha value is -2.59. The third-order valence-electron chi connectivity index (χ3n) is 4.41. The molecule has 1 aliphatic rings. The van der Waals surface area contributed by atoms with Crippen molar-refractivity contribution in [3.63, 3.8) is 0 Å². The fourth-order valence-electron chi connectivity index (χ4n) is 2.86. The third kappa shape index (κ3) is 6.74. The van der Waals surface area contributed by atoms with E-state index in [0.29, 0.717) is 12.3 Å². The number of hydrogen-bond acceptors (Lipinski definition) is 5. The highest BCUT2D eigenvalue weighted by atomic mass is 32.2. The number of carbonyl (C=O) groups excluding carboxylic acids is 1. The second-order valence-corrected chi connectivity index (χ2v) is 8.87. The van der Waals surface area contributed by atoms with Gasteiger partial charge in [0.15, 0.2) is 5.11 Å². The zero-order valence-electron chi connectivity index (χ0n) is 16.2. The van der Waals surface area contributed by atoms with Crippen molar-refractivity contribution in [3.8, 4) is 0 Å². The van der Waals surface area contributed by atoms with Crippen LogP contribution < -0.4 is 15.4 Å². The lowest BCUT2D eigenvalue weighted by Crippen LogP contribution is -2.33. The summed E-state index contributed by atoms with van der Waals surface area (Å²) in [6.45, 7) is 0.931. The molecule has 1 amide bonds. The van der Waals surface area contributed by atoms with Crippen LogP contribution in [0.25, 0.3) is 6.08 Å². The molecule has 7 nitrogen and oxygen atoms in total. The summed E-state index contributed by atoms with van der Waals surface area (Å²) in [5.41, 5.74) is 1.46. The Bertz CT molecular complexity index is 1000. The van der Waals surface area contributed by atoms with Crippen LogP contribution in [0, 0.1) is 0 Å². The number of ether oxygens (including phenoxy) is 1. The largest absolute Gasteiger partial charge is 0.377 e. The molecule has 2 aromatic rings. The van der Waals surface area contributed by atoms with Crippen LogP contribution in [0.1, 0.15) is 18.4 Å². The van der Waals surface area contributed by atoms with Crippen molar-refractivity contribution in [2.75, 3.05) is 18.5 Å². The number of benzene rings is 2. The summed E-state index contributed by atoms with van der Waals surface area (Å²) >= 11 is 5.13. The van der Waals surface area contributed by atoms with Crippen LogP contribution in [0.2, 0.25) is 0 Å². The summed E-state index contributed by atoms with van der Waals surface area (Å²) in [5.74, 6) is -0.367. The molecule has 0 radical (unpaired) electrons. The van der Waals surface area contributed by atoms with Gasteiger partial charge in [0.1, 0.15) is 0 Å². The molecule has 1 fully saturated rings. The second-order valence-electron chi connectivity index (χ2n) is 6.70. The van der Waals surface area contributed by atoms with Gasteiger partial charge in [-0.1, -0.05) is 30.3 Å². The van der Waals surface area contributed by atoms with Crippen LogP contribution in [0.4, 0.5) is 5.69 Å². The smallest absolute Gasteiger partial charge is 0.250 e. The molecule has 1 unspecified atom stereocenters. The third-order valence-corrected chi connectivity index (χ3v) is 6.05. The number of thiocarbonyl (C=S) groups is 1. The van der Waals surface area contributed by atoms with Crippen molar-refractivity contribution < 1.29 is 17.9 Å². The first-order valence-electron chi connectivity index (χ1n) is 9.49. The quantitative estimate of drug-likeness (QED) is 0.448. The van der Waals surface area contributed by atoms with Gasteiger partial charge in [0.25, 0.3) is 0 Å². The van der Waals surface area contributed by atoms with Crippen LogP contribution in [-0.4, -0.2) is 38.7 Å². The van der Waals surface area contributed by atoms with Gasteiger partial charge in [0, 0.05) is 24.9 Å². The normalized spacial score (nSPS) is 16.5. The SMILES string of the molecule is O=C(/C=C/c1ccccc1)NC(=S)Nc1ccc(S(=O)(=O)NCC2CCCO2)cc1. The lowest BCUT2D eigenvalue weighted by molar-refractivity contribution is -0.115. The summed E-state index contributed by atoms with van der Waals surface area (Å²) in [7, 11) is -3.62. The number of amides is 1. The van der Waals surface area contributed by atoms with Crippen molar-refractivity contribution in [1.82, 2.24) is 10.0 Å². The molecule has 0 spiro atoms. The highest BCUT2D eigenvalue weighted by molar-refractivity contribution is 7.89. The van der Waals surface area contributed by atoms with Crippen molar-refractivity contribution in [1.29, 1.82) is 0 Å². The molecular formula is C21H23N3O4S2. The highest BCUT2D eigenvalue weighted by Crippen LogP contribution is 2.16. The van der Waals surface area contributed by atoms with Gasteiger partial charge in [0.2, 0.25) is 15.9 Å². The topological polar surface area (TPSA) is 96.5 Å². The highest BCUT2D eigenvalue weighted by Gasteiger charge is 2.20. The standard InChI is InChI=1S/C21H23N3O4S2/c25-20(13-8-16-5-2-1-3-6-16)24-21(29)23-17-9-11-19(12-10-17)30(26,27)22-15-18-7-4-14-28-18/h1-3,5-6,8-13,18,22H,4,7,14-15H2,(H2,23,24,25,29)/b13-8+. The molecule has 0 saturated carbocycles. The van der Waals surface area contributed by atoms with Crippen LogP contribution in [0.3, 0.4) is 0 Å². The zero-order chi connectivity index (χ0) is 21.4. The zero-order valence-corrected chi connectivity index (χ0v) is 17.8. The minimum absolute atomic E-state index is 0.0716. The summed E-state index contributed by atoms with van der Waals surface area (Å²) < 4.78 is 32.8. The van der Waals surface area contributed by atoms with Gasteiger partial charge in [-0.25, -0.2) is 13.1 Å². The average molecular weight is 446 g/mol. The number of nitrogens with one attached hydrogen (secondary N) is 3. The molecular weight excluding hydrogens is 422 g/mol. The average Bonchev–Trinajstić information content (AvgIpc) is 3.26. The van der Waals surface area contributed by atoms with E-state index in [-0.39, 0.29) is 28.6 Å². The van der Waals surface area contributed by atoms with Crippen LogP contribution in [-0.2, 0) is 19.6 Å². The molecule has 1 heterocycles. The minimum Gasteiger partial charge on any atom is -0.377 e. The van der Waals surface area contributed by atoms with Crippen LogP contribution in [0.5, 0.6) is 0 Å². The fourth-order valence-corrected chi connectivity index (χ4v) is 4.15. The van der Waals surface area contributed by atoms with Crippen molar-refractivity contribution in [3.05, 3.63) is 66.2 Å². The number of anilines is 1. The predicted octanol–water partition coefficient (Wildman–Crippen LogP) is 2.67. The van der Waals surface area contributed by atoms with Crippen molar-refractivity contribution in [2.45, 2.75) is 23.8 Å². The van der Waals surface area contributed by atoms with E-state index in [1.54, 1.807) is 18.2 Å². The molecule has 0 bridgehead atoms. The van der Waals surface area contributed by atoms with Gasteiger partial charge in [-0.2, -0.15) is 0 Å². The Kier molecular flexibility index (Phi) is 7.69. The first kappa shape index (κ1) is 22.1. The molecule has 1 aliphatic heterocycles. The Morgan fingerprint density at radius 2 is 1.87 bits per heavy atom. The van der Waals surface area contributed by atoms with Gasteiger partial charge in [-0.05, 0) is 61.0 Å². The van der Waals surface area contributed by atoms with Crippen molar-refractivity contribution in [2.24, 2.45) is 0 Å². The van der Waals surface area contributed by atoms with E-state index in [2.05, 4.69) is 15.4 Å². The summed E-state index contributed by atoms with van der Waals surface area (Å²) in [6.07, 6.45) is 4.80. The first-order valence-corrected chi connectivity index (χ1v) is 11.4. The summed E-state index contributed by atoms with van der Waals surface area (Å²) in [4.78, 5) is 12.1. The Morgan fingerprint density at radius 3 is 2.53 bits per heavy atom. The molecule has 9 heteroatoms. The van der Waals surface area contributed by atoms with Crippen LogP contribution in [0.15, 0.2) is 65.6 Å². The number of rotatable bonds is 7. The van der Waals surface area contributed by atoms with Gasteiger partial charge in [-0.15, -0.1) is 0 Å². The van der Waals surface area contributed by atoms with Crippen molar-refractivity contribution >= 4 is 45.0 Å². The molecule has 0 aliphatic carbocycles. The number of sulfonamides is 1. The monoisotopic (exact) mass is 445 g/mol. The Morgan fingerprint density at radius 1 is 1.13 bits per heavy atom. The minimum atomic E-state index is -3.62. The summed E-state index contributed by atoms with van der Waals surface area (Å²) in [5, 5.41) is 5.52. The fraction of sp³-hybridized carbons (Fsp3) is 0.238. The molecule has 30 heavy (non-hydrogen) atoms. The molecule has 158 valence electrons. The Labute approximate surface area is 181 Å². The van der Waals surface area contributed by atoms with Gasteiger partial charge in [-0.3, -0.25) is 10.1 Å². The maximum Gasteiger partial charge on any atom is 0.250 e. The van der Waals surface area contributed by atoms with Gasteiger partial charge >= 0.3 is 0 Å². The second kappa shape index (κ2) is 10.4.